The highest BCUT2D eigenvalue weighted by molar-refractivity contribution is 5.28. The summed E-state index contributed by atoms with van der Waals surface area (Å²) in [5, 5.41) is 9.24. The van der Waals surface area contributed by atoms with E-state index in [9.17, 15) is 5.11 Å². The van der Waals surface area contributed by atoms with Crippen molar-refractivity contribution < 1.29 is 9.84 Å². The number of aryl methyl sites for hydroxylation is 1. The molecule has 1 fully saturated rings. The van der Waals surface area contributed by atoms with Crippen LogP contribution in [0, 0.1) is 0 Å². The third-order valence-corrected chi connectivity index (χ3v) is 3.66. The van der Waals surface area contributed by atoms with E-state index in [-0.39, 0.29) is 6.61 Å². The maximum Gasteiger partial charge on any atom is 0.119 e. The Hall–Kier alpha value is -1.06. The number of aliphatic hydroxyl groups is 1. The molecule has 1 aliphatic heterocycles. The smallest absolute Gasteiger partial charge is 0.119 e. The van der Waals surface area contributed by atoms with E-state index in [0.717, 1.165) is 31.7 Å². The number of hydrogen-bond donors (Lipinski definition) is 1. The fraction of sp³-hybridized carbons (Fsp3) is 0.600. The highest BCUT2D eigenvalue weighted by Gasteiger charge is 2.22. The summed E-state index contributed by atoms with van der Waals surface area (Å²) in [6.45, 7) is 5.11. The largest absolute Gasteiger partial charge is 0.492 e. The lowest BCUT2D eigenvalue weighted by molar-refractivity contribution is 0.139. The maximum atomic E-state index is 9.24. The average Bonchev–Trinajstić information content (AvgIpc) is 2.86. The van der Waals surface area contributed by atoms with Crippen molar-refractivity contribution in [1.82, 2.24) is 4.90 Å². The molecule has 0 spiro atoms. The molecule has 1 aromatic carbocycles. The topological polar surface area (TPSA) is 32.7 Å². The fourth-order valence-corrected chi connectivity index (χ4v) is 2.53. The van der Waals surface area contributed by atoms with Crippen molar-refractivity contribution in [3.8, 4) is 5.75 Å². The van der Waals surface area contributed by atoms with Gasteiger partial charge in [0.2, 0.25) is 0 Å². The summed E-state index contributed by atoms with van der Waals surface area (Å²) in [5.74, 6) is 0.953. The minimum absolute atomic E-state index is 0.269. The first kappa shape index (κ1) is 13.4. The lowest BCUT2D eigenvalue weighted by atomic mass is 10.2. The quantitative estimate of drug-likeness (QED) is 0.838. The first-order valence-corrected chi connectivity index (χ1v) is 6.90. The number of ether oxygens (including phenoxy) is 1. The van der Waals surface area contributed by atoms with Crippen molar-refractivity contribution in [2.45, 2.75) is 32.2 Å². The average molecular weight is 249 g/mol. The summed E-state index contributed by atoms with van der Waals surface area (Å²) in [5.41, 5.74) is 1.31. The van der Waals surface area contributed by atoms with Gasteiger partial charge in [0.05, 0.1) is 6.61 Å². The Labute approximate surface area is 109 Å². The maximum absolute atomic E-state index is 9.24. The van der Waals surface area contributed by atoms with Crippen LogP contribution < -0.4 is 4.74 Å². The third kappa shape index (κ3) is 3.47. The molecule has 2 rings (SSSR count). The number of hydrogen-bond acceptors (Lipinski definition) is 3. The van der Waals surface area contributed by atoms with Crippen LogP contribution >= 0.6 is 0 Å². The molecule has 0 aliphatic carbocycles. The predicted molar refractivity (Wildman–Crippen MR) is 73.0 cm³/mol. The van der Waals surface area contributed by atoms with Gasteiger partial charge in [0.25, 0.3) is 0 Å². The molecule has 3 heteroatoms. The van der Waals surface area contributed by atoms with Gasteiger partial charge in [-0.25, -0.2) is 0 Å². The Morgan fingerprint density at radius 3 is 3.11 bits per heavy atom. The van der Waals surface area contributed by atoms with Crippen LogP contribution in [0.2, 0.25) is 0 Å². The zero-order valence-corrected chi connectivity index (χ0v) is 11.1. The van der Waals surface area contributed by atoms with Gasteiger partial charge >= 0.3 is 0 Å². The van der Waals surface area contributed by atoms with Gasteiger partial charge in [-0.05, 0) is 43.5 Å². The van der Waals surface area contributed by atoms with Gasteiger partial charge in [-0.2, -0.15) is 0 Å². The van der Waals surface area contributed by atoms with Crippen LogP contribution in [-0.2, 0) is 6.42 Å². The van der Waals surface area contributed by atoms with E-state index >= 15 is 0 Å². The van der Waals surface area contributed by atoms with Crippen LogP contribution in [0.5, 0.6) is 5.75 Å². The number of aliphatic hydroxyl groups excluding tert-OH is 1. The molecular weight excluding hydrogens is 226 g/mol. The molecule has 100 valence electrons. The molecule has 1 unspecified atom stereocenters. The Bertz CT molecular complexity index is 367. The Kier molecular flexibility index (Phi) is 5.02. The van der Waals surface area contributed by atoms with Gasteiger partial charge in [-0.15, -0.1) is 0 Å². The Morgan fingerprint density at radius 2 is 2.33 bits per heavy atom. The normalized spacial score (nSPS) is 20.2. The van der Waals surface area contributed by atoms with Crippen molar-refractivity contribution >= 4 is 0 Å². The van der Waals surface area contributed by atoms with E-state index in [4.69, 9.17) is 4.74 Å². The van der Waals surface area contributed by atoms with Crippen LogP contribution in [0.3, 0.4) is 0 Å². The molecule has 0 aromatic heterocycles. The zero-order valence-electron chi connectivity index (χ0n) is 11.1. The van der Waals surface area contributed by atoms with E-state index in [2.05, 4.69) is 24.0 Å². The predicted octanol–water partition coefficient (Wildman–Crippen LogP) is 2.08. The molecule has 0 radical (unpaired) electrons. The molecule has 1 N–H and O–H groups in total. The Balaban J connectivity index is 1.77. The van der Waals surface area contributed by atoms with Crippen molar-refractivity contribution in [3.63, 3.8) is 0 Å². The molecular formula is C15H23NO2. The van der Waals surface area contributed by atoms with E-state index in [1.807, 2.05) is 12.1 Å². The second kappa shape index (κ2) is 6.76. The van der Waals surface area contributed by atoms with Crippen LogP contribution in [0.4, 0.5) is 0 Å². The summed E-state index contributed by atoms with van der Waals surface area (Å²) in [4.78, 5) is 2.32. The van der Waals surface area contributed by atoms with Crippen molar-refractivity contribution in [1.29, 1.82) is 0 Å². The highest BCUT2D eigenvalue weighted by Crippen LogP contribution is 2.17. The first-order chi connectivity index (χ1) is 8.83. The number of rotatable bonds is 6. The zero-order chi connectivity index (χ0) is 12.8. The van der Waals surface area contributed by atoms with Gasteiger partial charge in [-0.1, -0.05) is 19.1 Å². The van der Waals surface area contributed by atoms with Gasteiger partial charge in [0.1, 0.15) is 12.4 Å². The van der Waals surface area contributed by atoms with Crippen LogP contribution in [0.15, 0.2) is 24.3 Å². The van der Waals surface area contributed by atoms with Crippen LogP contribution in [0.25, 0.3) is 0 Å². The monoisotopic (exact) mass is 249 g/mol. The van der Waals surface area contributed by atoms with Crippen molar-refractivity contribution in [3.05, 3.63) is 29.8 Å². The third-order valence-electron chi connectivity index (χ3n) is 3.66. The van der Waals surface area contributed by atoms with Gasteiger partial charge in [-0.3, -0.25) is 4.90 Å². The van der Waals surface area contributed by atoms with Gasteiger partial charge < -0.3 is 9.84 Å². The Morgan fingerprint density at radius 1 is 1.44 bits per heavy atom. The summed E-state index contributed by atoms with van der Waals surface area (Å²) >= 11 is 0. The van der Waals surface area contributed by atoms with Crippen molar-refractivity contribution in [2.75, 3.05) is 26.3 Å². The van der Waals surface area contributed by atoms with Crippen LogP contribution in [-0.4, -0.2) is 42.4 Å². The van der Waals surface area contributed by atoms with Crippen LogP contribution in [0.1, 0.15) is 25.3 Å². The van der Waals surface area contributed by atoms with E-state index < -0.39 is 0 Å². The standard InChI is InChI=1S/C15H23NO2/c1-2-13-5-3-7-15(11-13)18-10-9-16-8-4-6-14(16)12-17/h3,5,7,11,14,17H,2,4,6,8-10,12H2,1H3. The number of benzene rings is 1. The van der Waals surface area contributed by atoms with E-state index in [1.165, 1.54) is 12.0 Å². The van der Waals surface area contributed by atoms with Gasteiger partial charge in [0, 0.05) is 12.6 Å². The first-order valence-electron chi connectivity index (χ1n) is 6.90. The van der Waals surface area contributed by atoms with Crippen molar-refractivity contribution in [2.24, 2.45) is 0 Å². The van der Waals surface area contributed by atoms with E-state index in [0.29, 0.717) is 12.6 Å². The molecule has 3 nitrogen and oxygen atoms in total. The molecule has 0 saturated carbocycles. The molecule has 1 aliphatic rings. The lowest BCUT2D eigenvalue weighted by Gasteiger charge is -2.22. The lowest BCUT2D eigenvalue weighted by Crippen LogP contribution is -2.35. The molecule has 1 atom stereocenters. The summed E-state index contributed by atoms with van der Waals surface area (Å²) in [7, 11) is 0. The number of nitrogens with zero attached hydrogens (tertiary/aromatic N) is 1. The van der Waals surface area contributed by atoms with Gasteiger partial charge in [0.15, 0.2) is 0 Å². The minimum atomic E-state index is 0.269. The second-order valence-corrected chi connectivity index (χ2v) is 4.86. The molecule has 1 saturated heterocycles. The second-order valence-electron chi connectivity index (χ2n) is 4.86. The number of likely N-dealkylation sites (tertiary alicyclic amines) is 1. The molecule has 0 amide bonds. The molecule has 0 bridgehead atoms. The highest BCUT2D eigenvalue weighted by atomic mass is 16.5. The minimum Gasteiger partial charge on any atom is -0.492 e. The molecule has 1 heterocycles. The molecule has 1 aromatic rings. The SMILES string of the molecule is CCc1cccc(OCCN2CCCC2CO)c1. The summed E-state index contributed by atoms with van der Waals surface area (Å²) in [6.07, 6.45) is 3.34. The molecule has 18 heavy (non-hydrogen) atoms. The summed E-state index contributed by atoms with van der Waals surface area (Å²) in [6, 6.07) is 8.62. The fourth-order valence-electron chi connectivity index (χ4n) is 2.53. The van der Waals surface area contributed by atoms with E-state index in [1.54, 1.807) is 0 Å². The summed E-state index contributed by atoms with van der Waals surface area (Å²) < 4.78 is 5.78.